The quantitative estimate of drug-likeness (QED) is 0.828. The molecule has 6 heteroatoms. The van der Waals surface area contributed by atoms with E-state index in [1.165, 1.54) is 30.5 Å². The zero-order valence-electron chi connectivity index (χ0n) is 12.6. The standard InChI is InChI=1S/C17H16FNO4/c1-3-12-7-8-19-16(15(12)17(21)22-4-2)23-14-9-11(10-20)5-6-13(14)18/h3,5-9,20H,1,4,10H2,2H3. The minimum Gasteiger partial charge on any atom is -0.462 e. The Kier molecular flexibility index (Phi) is 5.43. The van der Waals surface area contributed by atoms with E-state index in [0.717, 1.165) is 0 Å². The summed E-state index contributed by atoms with van der Waals surface area (Å²) in [5.41, 5.74) is 1.00. The summed E-state index contributed by atoms with van der Waals surface area (Å²) < 4.78 is 24.3. The van der Waals surface area contributed by atoms with Gasteiger partial charge in [-0.3, -0.25) is 0 Å². The van der Waals surface area contributed by atoms with Crippen molar-refractivity contribution in [2.24, 2.45) is 0 Å². The fourth-order valence-electron chi connectivity index (χ4n) is 1.94. The van der Waals surface area contributed by atoms with E-state index in [4.69, 9.17) is 14.6 Å². The molecule has 1 heterocycles. The van der Waals surface area contributed by atoms with Gasteiger partial charge in [0.1, 0.15) is 5.56 Å². The fourth-order valence-corrected chi connectivity index (χ4v) is 1.94. The Labute approximate surface area is 133 Å². The molecule has 0 aliphatic carbocycles. The summed E-state index contributed by atoms with van der Waals surface area (Å²) in [6.45, 7) is 5.22. The molecule has 0 saturated carbocycles. The number of carbonyl (C=O) groups excluding carboxylic acids is 1. The van der Waals surface area contributed by atoms with E-state index in [1.54, 1.807) is 13.0 Å². The molecule has 0 fully saturated rings. The average Bonchev–Trinajstić information content (AvgIpc) is 2.56. The maximum absolute atomic E-state index is 13.9. The molecule has 0 radical (unpaired) electrons. The first-order valence-electron chi connectivity index (χ1n) is 6.96. The van der Waals surface area contributed by atoms with Crippen molar-refractivity contribution in [3.05, 3.63) is 59.5 Å². The van der Waals surface area contributed by atoms with Crippen LogP contribution in [-0.2, 0) is 11.3 Å². The lowest BCUT2D eigenvalue weighted by molar-refractivity contribution is 0.0522. The van der Waals surface area contributed by atoms with Crippen LogP contribution in [0.25, 0.3) is 6.08 Å². The third kappa shape index (κ3) is 3.73. The minimum absolute atomic E-state index is 0.0677. The number of hydrogen-bond acceptors (Lipinski definition) is 5. The van der Waals surface area contributed by atoms with Gasteiger partial charge in [0.2, 0.25) is 5.88 Å². The molecule has 5 nitrogen and oxygen atoms in total. The molecule has 23 heavy (non-hydrogen) atoms. The molecule has 0 bridgehead atoms. The number of carbonyl (C=O) groups is 1. The Morgan fingerprint density at radius 2 is 2.22 bits per heavy atom. The van der Waals surface area contributed by atoms with Gasteiger partial charge in [-0.2, -0.15) is 0 Å². The van der Waals surface area contributed by atoms with Crippen molar-refractivity contribution < 1.29 is 23.8 Å². The lowest BCUT2D eigenvalue weighted by atomic mass is 10.1. The molecule has 1 aromatic carbocycles. The normalized spacial score (nSPS) is 10.2. The zero-order chi connectivity index (χ0) is 16.8. The van der Waals surface area contributed by atoms with Crippen LogP contribution in [0.4, 0.5) is 4.39 Å². The Balaban J connectivity index is 2.47. The van der Waals surface area contributed by atoms with Crippen molar-refractivity contribution in [2.75, 3.05) is 6.61 Å². The van der Waals surface area contributed by atoms with Gasteiger partial charge in [-0.15, -0.1) is 0 Å². The SMILES string of the molecule is C=Cc1ccnc(Oc2cc(CO)ccc2F)c1C(=O)OCC. The first-order chi connectivity index (χ1) is 11.1. The van der Waals surface area contributed by atoms with Crippen molar-refractivity contribution >= 4 is 12.0 Å². The summed E-state index contributed by atoms with van der Waals surface area (Å²) in [5, 5.41) is 9.13. The second kappa shape index (κ2) is 7.51. The Morgan fingerprint density at radius 3 is 2.87 bits per heavy atom. The summed E-state index contributed by atoms with van der Waals surface area (Å²) in [6, 6.07) is 5.52. The summed E-state index contributed by atoms with van der Waals surface area (Å²) >= 11 is 0. The number of pyridine rings is 1. The van der Waals surface area contributed by atoms with Gasteiger partial charge in [-0.1, -0.05) is 18.7 Å². The van der Waals surface area contributed by atoms with Crippen LogP contribution in [-0.4, -0.2) is 22.7 Å². The van der Waals surface area contributed by atoms with E-state index in [0.29, 0.717) is 11.1 Å². The fraction of sp³-hybridized carbons (Fsp3) is 0.176. The number of hydrogen-bond donors (Lipinski definition) is 1. The monoisotopic (exact) mass is 317 g/mol. The third-order valence-corrected chi connectivity index (χ3v) is 3.03. The van der Waals surface area contributed by atoms with Crippen LogP contribution in [0.2, 0.25) is 0 Å². The van der Waals surface area contributed by atoms with Crippen LogP contribution < -0.4 is 4.74 Å². The average molecular weight is 317 g/mol. The molecule has 0 aliphatic rings. The molecular formula is C17H16FNO4. The van der Waals surface area contributed by atoms with Gasteiger partial charge in [0.25, 0.3) is 0 Å². The largest absolute Gasteiger partial charge is 0.462 e. The highest BCUT2D eigenvalue weighted by Crippen LogP contribution is 2.29. The van der Waals surface area contributed by atoms with Gasteiger partial charge >= 0.3 is 5.97 Å². The Hall–Kier alpha value is -2.73. The number of nitrogens with zero attached hydrogens (tertiary/aromatic N) is 1. The smallest absolute Gasteiger partial charge is 0.344 e. The van der Waals surface area contributed by atoms with Crippen LogP contribution in [0.3, 0.4) is 0 Å². The van der Waals surface area contributed by atoms with Crippen molar-refractivity contribution in [2.45, 2.75) is 13.5 Å². The first kappa shape index (κ1) is 16.6. The van der Waals surface area contributed by atoms with E-state index in [-0.39, 0.29) is 30.4 Å². The topological polar surface area (TPSA) is 68.7 Å². The summed E-state index contributed by atoms with van der Waals surface area (Å²) in [4.78, 5) is 16.1. The Bertz CT molecular complexity index is 731. The predicted octanol–water partition coefficient (Wildman–Crippen LogP) is 3.33. The number of aliphatic hydroxyl groups is 1. The molecule has 0 saturated heterocycles. The van der Waals surface area contributed by atoms with Crippen molar-refractivity contribution in [3.63, 3.8) is 0 Å². The second-order valence-corrected chi connectivity index (χ2v) is 4.53. The molecule has 0 unspecified atom stereocenters. The highest BCUT2D eigenvalue weighted by atomic mass is 19.1. The summed E-state index contributed by atoms with van der Waals surface area (Å²) in [5.74, 6) is -1.50. The van der Waals surface area contributed by atoms with Gasteiger partial charge in [0.05, 0.1) is 13.2 Å². The van der Waals surface area contributed by atoms with Crippen LogP contribution in [0.5, 0.6) is 11.6 Å². The predicted molar refractivity (Wildman–Crippen MR) is 82.7 cm³/mol. The summed E-state index contributed by atoms with van der Waals surface area (Å²) in [6.07, 6.45) is 2.88. The number of rotatable bonds is 6. The highest BCUT2D eigenvalue weighted by Gasteiger charge is 2.20. The third-order valence-electron chi connectivity index (χ3n) is 3.03. The lowest BCUT2D eigenvalue weighted by Crippen LogP contribution is -2.10. The first-order valence-corrected chi connectivity index (χ1v) is 6.96. The van der Waals surface area contributed by atoms with Crippen LogP contribution in [0.1, 0.15) is 28.4 Å². The minimum atomic E-state index is -0.636. The molecule has 0 spiro atoms. The van der Waals surface area contributed by atoms with Crippen molar-refractivity contribution in [1.82, 2.24) is 4.98 Å². The summed E-state index contributed by atoms with van der Waals surface area (Å²) in [7, 11) is 0. The van der Waals surface area contributed by atoms with Gasteiger partial charge in [-0.05, 0) is 36.2 Å². The molecule has 2 rings (SSSR count). The number of esters is 1. The number of ether oxygens (including phenoxy) is 2. The molecular weight excluding hydrogens is 301 g/mol. The van der Waals surface area contributed by atoms with E-state index >= 15 is 0 Å². The number of halogens is 1. The van der Waals surface area contributed by atoms with Crippen molar-refractivity contribution in [3.8, 4) is 11.6 Å². The molecule has 0 aliphatic heterocycles. The van der Waals surface area contributed by atoms with Crippen LogP contribution in [0, 0.1) is 5.82 Å². The number of benzene rings is 1. The molecule has 0 atom stereocenters. The van der Waals surface area contributed by atoms with Crippen molar-refractivity contribution in [1.29, 1.82) is 0 Å². The van der Waals surface area contributed by atoms with Gasteiger partial charge in [0.15, 0.2) is 11.6 Å². The van der Waals surface area contributed by atoms with E-state index in [1.807, 2.05) is 0 Å². The molecule has 1 aromatic heterocycles. The maximum atomic E-state index is 13.9. The molecule has 1 N–H and O–H groups in total. The molecule has 2 aromatic rings. The van der Waals surface area contributed by atoms with E-state index in [9.17, 15) is 9.18 Å². The zero-order valence-corrected chi connectivity index (χ0v) is 12.6. The molecule has 0 amide bonds. The number of aliphatic hydroxyl groups excluding tert-OH is 1. The van der Waals surface area contributed by atoms with Gasteiger partial charge in [-0.25, -0.2) is 14.2 Å². The van der Waals surface area contributed by atoms with Gasteiger partial charge < -0.3 is 14.6 Å². The van der Waals surface area contributed by atoms with Crippen LogP contribution >= 0.6 is 0 Å². The van der Waals surface area contributed by atoms with Crippen LogP contribution in [0.15, 0.2) is 37.0 Å². The Morgan fingerprint density at radius 1 is 1.43 bits per heavy atom. The van der Waals surface area contributed by atoms with Gasteiger partial charge in [0, 0.05) is 6.20 Å². The lowest BCUT2D eigenvalue weighted by Gasteiger charge is -2.12. The number of aromatic nitrogens is 1. The molecule has 120 valence electrons. The van der Waals surface area contributed by atoms with E-state index in [2.05, 4.69) is 11.6 Å². The highest BCUT2D eigenvalue weighted by molar-refractivity contribution is 5.96. The maximum Gasteiger partial charge on any atom is 0.344 e. The second-order valence-electron chi connectivity index (χ2n) is 4.53. The van der Waals surface area contributed by atoms with E-state index < -0.39 is 11.8 Å².